The average molecular weight is 215 g/mol. The molecule has 0 aliphatic heterocycles. The molecule has 0 saturated carbocycles. The number of fused-ring (bicyclic) bond motifs is 1. The molecule has 0 fully saturated rings. The molecule has 2 aromatic rings. The Morgan fingerprint density at radius 2 is 1.93 bits per heavy atom. The number of hydrogen-bond donors (Lipinski definition) is 0. The summed E-state index contributed by atoms with van der Waals surface area (Å²) in [6, 6.07) is 5.66. The van der Waals surface area contributed by atoms with Crippen molar-refractivity contribution in [1.29, 1.82) is 0 Å². The van der Waals surface area contributed by atoms with Crippen molar-refractivity contribution in [2.24, 2.45) is 0 Å². The third-order valence-corrected chi connectivity index (χ3v) is 2.87. The maximum atomic E-state index is 12.5. The van der Waals surface area contributed by atoms with Crippen LogP contribution in [-0.2, 0) is 6.18 Å². The second-order valence-electron chi connectivity index (χ2n) is 2.93. The van der Waals surface area contributed by atoms with E-state index in [2.05, 4.69) is 6.92 Å². The summed E-state index contributed by atoms with van der Waals surface area (Å²) in [5.41, 5.74) is -0.582. The van der Waals surface area contributed by atoms with Crippen molar-refractivity contribution in [3.8, 4) is 0 Å². The topological polar surface area (TPSA) is 0 Å². The van der Waals surface area contributed by atoms with Crippen molar-refractivity contribution in [3.63, 3.8) is 0 Å². The van der Waals surface area contributed by atoms with Gasteiger partial charge in [-0.3, -0.25) is 0 Å². The first-order valence-corrected chi connectivity index (χ1v) is 4.72. The Labute approximate surface area is 83.0 Å². The molecular formula is C10H6F3S. The third kappa shape index (κ3) is 1.50. The van der Waals surface area contributed by atoms with Gasteiger partial charge in [-0.05, 0) is 25.1 Å². The molecule has 0 spiro atoms. The normalized spacial score (nSPS) is 12.3. The molecule has 1 aromatic carbocycles. The molecule has 0 bridgehead atoms. The van der Waals surface area contributed by atoms with Crippen LogP contribution in [0.4, 0.5) is 13.2 Å². The highest BCUT2D eigenvalue weighted by Gasteiger charge is 2.32. The predicted octanol–water partition coefficient (Wildman–Crippen LogP) is 4.10. The van der Waals surface area contributed by atoms with E-state index in [-0.39, 0.29) is 5.39 Å². The SMILES string of the molecule is [CH2]c1cc2c(C(F)(F)F)cccc2s1. The molecule has 73 valence electrons. The second-order valence-corrected chi connectivity index (χ2v) is 4.10. The summed E-state index contributed by atoms with van der Waals surface area (Å²) in [6.07, 6.45) is -4.28. The zero-order chi connectivity index (χ0) is 10.3. The molecular weight excluding hydrogens is 209 g/mol. The van der Waals surface area contributed by atoms with Crippen LogP contribution >= 0.6 is 11.3 Å². The molecule has 0 unspecified atom stereocenters. The van der Waals surface area contributed by atoms with Gasteiger partial charge >= 0.3 is 6.18 Å². The number of hydrogen-bond acceptors (Lipinski definition) is 1. The van der Waals surface area contributed by atoms with Gasteiger partial charge in [0.1, 0.15) is 0 Å². The van der Waals surface area contributed by atoms with Crippen LogP contribution in [0.25, 0.3) is 10.1 Å². The van der Waals surface area contributed by atoms with Gasteiger partial charge in [-0.2, -0.15) is 13.2 Å². The molecule has 1 radical (unpaired) electrons. The number of thiophene rings is 1. The molecule has 4 heteroatoms. The van der Waals surface area contributed by atoms with E-state index in [4.69, 9.17) is 0 Å². The van der Waals surface area contributed by atoms with E-state index in [9.17, 15) is 13.2 Å². The molecule has 0 N–H and O–H groups in total. The molecule has 0 aliphatic rings. The fraction of sp³-hybridized carbons (Fsp3) is 0.100. The summed E-state index contributed by atoms with van der Waals surface area (Å²) in [7, 11) is 0. The van der Waals surface area contributed by atoms with Gasteiger partial charge in [0.05, 0.1) is 5.56 Å². The fourth-order valence-corrected chi connectivity index (χ4v) is 2.25. The number of rotatable bonds is 0. The van der Waals surface area contributed by atoms with E-state index in [1.165, 1.54) is 23.5 Å². The molecule has 0 nitrogen and oxygen atoms in total. The van der Waals surface area contributed by atoms with Crippen molar-refractivity contribution in [3.05, 3.63) is 41.6 Å². The lowest BCUT2D eigenvalue weighted by molar-refractivity contribution is -0.136. The van der Waals surface area contributed by atoms with Gasteiger partial charge in [0.2, 0.25) is 0 Å². The fourth-order valence-electron chi connectivity index (χ4n) is 1.36. The Balaban J connectivity index is 2.77. The van der Waals surface area contributed by atoms with Gasteiger partial charge in [0, 0.05) is 15.0 Å². The zero-order valence-corrected chi connectivity index (χ0v) is 7.88. The lowest BCUT2D eigenvalue weighted by Gasteiger charge is -2.06. The summed E-state index contributed by atoms with van der Waals surface area (Å²) < 4.78 is 38.2. The van der Waals surface area contributed by atoms with Crippen LogP contribution in [0.15, 0.2) is 24.3 Å². The Kier molecular flexibility index (Phi) is 2.03. The van der Waals surface area contributed by atoms with Crippen molar-refractivity contribution in [1.82, 2.24) is 0 Å². The highest BCUT2D eigenvalue weighted by atomic mass is 32.1. The maximum Gasteiger partial charge on any atom is 0.417 e. The largest absolute Gasteiger partial charge is 0.417 e. The highest BCUT2D eigenvalue weighted by Crippen LogP contribution is 2.37. The Hall–Kier alpha value is -1.03. The first-order chi connectivity index (χ1) is 6.48. The van der Waals surface area contributed by atoms with Crippen LogP contribution in [0.5, 0.6) is 0 Å². The lowest BCUT2D eigenvalue weighted by Crippen LogP contribution is -2.04. The van der Waals surface area contributed by atoms with Crippen LogP contribution < -0.4 is 0 Å². The number of alkyl halides is 3. The molecule has 0 atom stereocenters. The first-order valence-electron chi connectivity index (χ1n) is 3.90. The standard InChI is InChI=1S/C10H6F3S/c1-6-5-7-8(10(11,12)13)3-2-4-9(7)14-6/h2-5H,1H2. The van der Waals surface area contributed by atoms with Gasteiger partial charge in [0.15, 0.2) is 0 Å². The summed E-state index contributed by atoms with van der Waals surface area (Å²) >= 11 is 1.27. The number of halogens is 3. The predicted molar refractivity (Wildman–Crippen MR) is 51.3 cm³/mol. The van der Waals surface area contributed by atoms with E-state index >= 15 is 0 Å². The smallest absolute Gasteiger partial charge is 0.166 e. The molecule has 0 aliphatic carbocycles. The summed E-state index contributed by atoms with van der Waals surface area (Å²) in [5.74, 6) is 0. The van der Waals surface area contributed by atoms with Crippen LogP contribution in [0.2, 0.25) is 0 Å². The van der Waals surface area contributed by atoms with Crippen molar-refractivity contribution in [2.75, 3.05) is 0 Å². The average Bonchev–Trinajstić information content (AvgIpc) is 2.41. The van der Waals surface area contributed by atoms with Crippen LogP contribution in [0.3, 0.4) is 0 Å². The molecule has 1 aromatic heterocycles. The Bertz CT molecular complexity index is 468. The summed E-state index contributed by atoms with van der Waals surface area (Å²) in [6.45, 7) is 3.63. The van der Waals surface area contributed by atoms with E-state index in [1.807, 2.05) is 0 Å². The lowest BCUT2D eigenvalue weighted by atomic mass is 10.1. The van der Waals surface area contributed by atoms with Crippen molar-refractivity contribution in [2.45, 2.75) is 6.18 Å². The molecule has 0 saturated heterocycles. The summed E-state index contributed by atoms with van der Waals surface area (Å²) in [4.78, 5) is 0.650. The minimum absolute atomic E-state index is 0.245. The van der Waals surface area contributed by atoms with Crippen LogP contribution in [0.1, 0.15) is 10.4 Å². The van der Waals surface area contributed by atoms with Gasteiger partial charge in [0.25, 0.3) is 0 Å². The minimum Gasteiger partial charge on any atom is -0.166 e. The van der Waals surface area contributed by atoms with E-state index in [1.54, 1.807) is 6.07 Å². The van der Waals surface area contributed by atoms with Gasteiger partial charge in [-0.15, -0.1) is 11.3 Å². The monoisotopic (exact) mass is 215 g/mol. The van der Waals surface area contributed by atoms with Gasteiger partial charge < -0.3 is 0 Å². The van der Waals surface area contributed by atoms with Crippen LogP contribution in [-0.4, -0.2) is 0 Å². The Morgan fingerprint density at radius 3 is 2.57 bits per heavy atom. The quantitative estimate of drug-likeness (QED) is 0.620. The Morgan fingerprint density at radius 1 is 1.21 bits per heavy atom. The molecule has 2 rings (SSSR count). The third-order valence-electron chi connectivity index (χ3n) is 1.92. The van der Waals surface area contributed by atoms with Crippen molar-refractivity contribution >= 4 is 21.4 Å². The van der Waals surface area contributed by atoms with Crippen LogP contribution in [0, 0.1) is 6.92 Å². The molecule has 1 heterocycles. The highest BCUT2D eigenvalue weighted by molar-refractivity contribution is 7.19. The second kappa shape index (κ2) is 2.98. The van der Waals surface area contributed by atoms with Gasteiger partial charge in [-0.1, -0.05) is 6.07 Å². The summed E-state index contributed by atoms with van der Waals surface area (Å²) in [5, 5.41) is 0.245. The molecule has 14 heavy (non-hydrogen) atoms. The van der Waals surface area contributed by atoms with Gasteiger partial charge in [-0.25, -0.2) is 0 Å². The maximum absolute atomic E-state index is 12.5. The van der Waals surface area contributed by atoms with Crippen molar-refractivity contribution < 1.29 is 13.2 Å². The molecule has 0 amide bonds. The van der Waals surface area contributed by atoms with E-state index in [0.29, 0.717) is 9.58 Å². The van der Waals surface area contributed by atoms with E-state index in [0.717, 1.165) is 6.07 Å². The number of benzene rings is 1. The minimum atomic E-state index is -4.28. The first kappa shape index (κ1) is 9.52. The zero-order valence-electron chi connectivity index (χ0n) is 7.06. The van der Waals surface area contributed by atoms with E-state index < -0.39 is 11.7 Å².